The molecular weight excluding hydrogens is 1500 g/mol. The van der Waals surface area contributed by atoms with Gasteiger partial charge in [-0.15, -0.1) is 49.0 Å². The Morgan fingerprint density at radius 2 is 1.04 bits per heavy atom. The van der Waals surface area contributed by atoms with Crippen LogP contribution in [0.25, 0.3) is 43.2 Å². The van der Waals surface area contributed by atoms with Gasteiger partial charge < -0.3 is 53.0 Å². The molecule has 22 heteroatoms. The van der Waals surface area contributed by atoms with Gasteiger partial charge in [-0.25, -0.2) is 24.7 Å². The number of fused-ring (bicyclic) bond motifs is 2. The number of likely N-dealkylation sites (tertiary alicyclic amines) is 1. The van der Waals surface area contributed by atoms with Crippen LogP contribution in [-0.2, 0) is 41.6 Å². The highest BCUT2D eigenvalue weighted by Crippen LogP contribution is 2.58. The Bertz CT molecular complexity index is 4710. The fourth-order valence-corrected chi connectivity index (χ4v) is 17.4. The normalized spacial score (nSPS) is 19.7. The van der Waals surface area contributed by atoms with Crippen molar-refractivity contribution >= 4 is 74.0 Å². The van der Waals surface area contributed by atoms with Crippen LogP contribution in [0.5, 0.6) is 34.5 Å². The number of rotatable bonds is 40. The summed E-state index contributed by atoms with van der Waals surface area (Å²) >= 11 is 3.10. The SMILES string of the molecule is C=CCCCCCCCc1ccc(OC)cc1.C=CCCCCCN(Cc1ccc(OC)cc1)C(=O)N1C[C@H](Oc2cc(-c3nc(C(C)C)cs3)nc3c(C)c(OC)ccc23)C[C@H]1C(=O)C[C@]1(C(=O)OCC)C[C@H]1C=C.C=C[C@@H]1C[C@]1(CC(=O)[C@@H]1C[C@@H](Oc2cc(-c3nc(C(C)C)cs3)nc3c(C)c(OC)ccc23)CN1)C(=O)OCC. The van der Waals surface area contributed by atoms with E-state index in [1.165, 1.54) is 61.8 Å². The highest BCUT2D eigenvalue weighted by Gasteiger charge is 2.62. The maximum Gasteiger partial charge on any atom is 0.321 e. The van der Waals surface area contributed by atoms with Gasteiger partial charge in [0.05, 0.1) is 93.5 Å². The van der Waals surface area contributed by atoms with Gasteiger partial charge in [0.25, 0.3) is 0 Å². The van der Waals surface area contributed by atoms with Crippen molar-refractivity contribution in [3.05, 3.63) is 180 Å². The van der Waals surface area contributed by atoms with Crippen LogP contribution in [0, 0.1) is 36.5 Å². The van der Waals surface area contributed by atoms with Crippen LogP contribution in [0.15, 0.2) is 146 Å². The van der Waals surface area contributed by atoms with Crippen LogP contribution < -0.4 is 33.7 Å². The van der Waals surface area contributed by atoms with Gasteiger partial charge in [-0.3, -0.25) is 19.2 Å². The number of ether oxygens (including phenoxy) is 8. The maximum absolute atomic E-state index is 14.9. The number of nitrogens with one attached hydrogen (secondary N) is 1. The Morgan fingerprint density at radius 3 is 1.50 bits per heavy atom. The number of methoxy groups -OCH3 is 4. The molecular formula is C94H119N7O13S2. The zero-order chi connectivity index (χ0) is 83.2. The largest absolute Gasteiger partial charge is 0.497 e. The van der Waals surface area contributed by atoms with Crippen molar-refractivity contribution in [3.63, 3.8) is 0 Å². The highest BCUT2D eigenvalue weighted by atomic mass is 32.1. The van der Waals surface area contributed by atoms with Crippen LogP contribution in [0.1, 0.15) is 190 Å². The van der Waals surface area contributed by atoms with Crippen molar-refractivity contribution in [2.24, 2.45) is 22.7 Å². The molecule has 620 valence electrons. The summed E-state index contributed by atoms with van der Waals surface area (Å²) in [7, 11) is 6.61. The summed E-state index contributed by atoms with van der Waals surface area (Å²) < 4.78 is 46.0. The Kier molecular flexibility index (Phi) is 32.0. The van der Waals surface area contributed by atoms with Crippen LogP contribution in [0.4, 0.5) is 4.79 Å². The number of pyridine rings is 2. The molecule has 20 nitrogen and oxygen atoms in total. The van der Waals surface area contributed by atoms with E-state index in [4.69, 9.17) is 57.8 Å². The van der Waals surface area contributed by atoms with E-state index in [9.17, 15) is 24.0 Å². The van der Waals surface area contributed by atoms with Gasteiger partial charge in [0.15, 0.2) is 11.6 Å². The number of thiazole rings is 2. The first-order chi connectivity index (χ1) is 56.0. The van der Waals surface area contributed by atoms with Gasteiger partial charge in [-0.1, -0.05) is 102 Å². The number of hydrogen-bond donors (Lipinski definition) is 1. The number of esters is 2. The van der Waals surface area contributed by atoms with E-state index < -0.39 is 28.9 Å². The summed E-state index contributed by atoms with van der Waals surface area (Å²) in [6.07, 6.45) is 21.2. The lowest BCUT2D eigenvalue weighted by atomic mass is 9.92. The standard InChI is InChI=1S/C47H58N4O7S.C31H37N3O5S.C16H24O/c1-9-12-13-14-15-22-50(27-32-16-18-34(55-7)19-17-32)46(54)51-28-35(23-39(51)40(52)26-47(25-33(47)10-2)45(53)57-11-3)58-42-24-37(44-49-38(29-59-44)30(4)5)48-43-31(6)41(56-8)21-20-36(42)43;1-7-19-13-31(19,30(36)38-8-2)14-25(35)22-11-20(15-32-22)39-27-12-23(29-34-24(16-40-29)17(3)4)33-28-18(5)26(37-6)10-9-21(27)28;1-3-4-5-6-7-8-9-10-15-11-13-16(17-2)14-12-15/h9-10,16-21,24,29-30,33,35,39H,1-2,11-15,22-23,25-28H2,3-8H3;7,9-10,12,16-17,19-20,22,32H,1,8,11,13-15H2,2-6H3;3,11-14H,1,4-10H2,2H3/t33-,35-,39+,47-;19-,20-,22+,31-;/m11./s1. The number of carbonyl (C=O) groups excluding carboxylic acids is 5. The number of aromatic nitrogens is 4. The molecule has 4 aromatic carbocycles. The number of carbonyl (C=O) groups is 5. The molecule has 0 unspecified atom stereocenters. The average Bonchev–Trinajstić information content (AvgIpc) is 1.59. The number of hydrogen-bond acceptors (Lipinski definition) is 20. The topological polar surface area (TPSA) is 229 Å². The van der Waals surface area contributed by atoms with E-state index in [-0.39, 0.29) is 85.9 Å². The van der Waals surface area contributed by atoms with Gasteiger partial charge in [-0.2, -0.15) is 0 Å². The van der Waals surface area contributed by atoms with Crippen molar-refractivity contribution in [2.75, 3.05) is 61.3 Å². The van der Waals surface area contributed by atoms with Crippen LogP contribution in [-0.4, -0.2) is 145 Å². The van der Waals surface area contributed by atoms with Crippen LogP contribution >= 0.6 is 22.7 Å². The summed E-state index contributed by atoms with van der Waals surface area (Å²) in [5.74, 6) is 3.91. The zero-order valence-corrected chi connectivity index (χ0v) is 71.7. The lowest BCUT2D eigenvalue weighted by Crippen LogP contribution is -2.49. The first kappa shape index (κ1) is 88.6. The van der Waals surface area contributed by atoms with Crippen LogP contribution in [0.3, 0.4) is 0 Å². The number of benzene rings is 4. The van der Waals surface area contributed by atoms with E-state index in [0.717, 1.165) is 109 Å². The van der Waals surface area contributed by atoms with E-state index in [2.05, 4.69) is 82.2 Å². The lowest BCUT2D eigenvalue weighted by molar-refractivity contribution is -0.152. The molecule has 1 N–H and O–H groups in total. The third-order valence-electron chi connectivity index (χ3n) is 22.7. The van der Waals surface area contributed by atoms with Crippen molar-refractivity contribution in [1.82, 2.24) is 35.1 Å². The molecule has 116 heavy (non-hydrogen) atoms. The average molecular weight is 1620 g/mol. The quantitative estimate of drug-likeness (QED) is 0.0214. The predicted octanol–water partition coefficient (Wildman–Crippen LogP) is 20.1. The van der Waals surface area contributed by atoms with Crippen LogP contribution in [0.2, 0.25) is 0 Å². The second-order valence-corrected chi connectivity index (χ2v) is 33.1. The van der Waals surface area contributed by atoms with Gasteiger partial charge in [0.1, 0.15) is 68.1 Å². The molecule has 8 aromatic rings. The second-order valence-electron chi connectivity index (χ2n) is 31.4. The second kappa shape index (κ2) is 41.9. The molecule has 2 amide bonds. The number of allylic oxidation sites excluding steroid dienone is 4. The Balaban J connectivity index is 0.000000213. The third kappa shape index (κ3) is 21.9. The minimum atomic E-state index is -0.980. The number of Topliss-reactive ketones (excluding diaryl/α,β-unsaturated/α-hetero) is 2. The number of ketones is 2. The molecule has 4 fully saturated rings. The highest BCUT2D eigenvalue weighted by molar-refractivity contribution is 7.13. The molecule has 0 radical (unpaired) electrons. The summed E-state index contributed by atoms with van der Waals surface area (Å²) in [6, 6.07) is 26.2. The van der Waals surface area contributed by atoms with Crippen molar-refractivity contribution in [1.29, 1.82) is 0 Å². The van der Waals surface area contributed by atoms with E-state index in [0.29, 0.717) is 74.4 Å². The first-order valence-electron chi connectivity index (χ1n) is 41.2. The van der Waals surface area contributed by atoms with Gasteiger partial charge >= 0.3 is 18.0 Å². The Hall–Kier alpha value is -9.77. The minimum absolute atomic E-state index is 0.00774. The molecule has 6 heterocycles. The maximum atomic E-state index is 14.9. The van der Waals surface area contributed by atoms with Gasteiger partial charge in [0, 0.05) is 90.1 Å². The molecule has 2 saturated carbocycles. The molecule has 2 saturated heterocycles. The summed E-state index contributed by atoms with van der Waals surface area (Å²) in [5, 5.41) is 10.7. The van der Waals surface area contributed by atoms with Gasteiger partial charge in [0.2, 0.25) is 0 Å². The minimum Gasteiger partial charge on any atom is -0.497 e. The molecule has 4 aliphatic rings. The van der Waals surface area contributed by atoms with Gasteiger partial charge in [-0.05, 0) is 169 Å². The number of amides is 2. The molecule has 2 aliphatic carbocycles. The molecule has 0 bridgehead atoms. The Morgan fingerprint density at radius 1 is 0.569 bits per heavy atom. The number of urea groups is 1. The number of nitrogens with zero attached hydrogens (tertiary/aromatic N) is 6. The Labute approximate surface area is 693 Å². The van der Waals surface area contributed by atoms with E-state index in [1.807, 2.05) is 104 Å². The zero-order valence-electron chi connectivity index (χ0n) is 70.1. The summed E-state index contributed by atoms with van der Waals surface area (Å²) in [5.41, 5.74) is 7.34. The lowest BCUT2D eigenvalue weighted by Gasteiger charge is -2.32. The summed E-state index contributed by atoms with van der Waals surface area (Å²) in [6.45, 7) is 33.4. The van der Waals surface area contributed by atoms with Crippen molar-refractivity contribution in [3.8, 4) is 55.9 Å². The molecule has 2 aliphatic heterocycles. The molecule has 0 spiro atoms. The smallest absolute Gasteiger partial charge is 0.321 e. The fourth-order valence-electron chi connectivity index (χ4n) is 15.6. The van der Waals surface area contributed by atoms with E-state index in [1.54, 1.807) is 70.7 Å². The fraction of sp³-hybridized carbons (Fsp3) is 0.479. The van der Waals surface area contributed by atoms with Crippen molar-refractivity contribution < 1.29 is 61.9 Å². The van der Waals surface area contributed by atoms with Crippen molar-refractivity contribution in [2.45, 2.75) is 207 Å². The molecule has 12 rings (SSSR count). The predicted molar refractivity (Wildman–Crippen MR) is 463 cm³/mol. The number of aryl methyl sites for hydroxylation is 3. The molecule has 4 aromatic heterocycles. The summed E-state index contributed by atoms with van der Waals surface area (Å²) in [4.78, 5) is 92.1. The number of unbranched alkanes of at least 4 members (excludes halogenated alkanes) is 8. The third-order valence-corrected chi connectivity index (χ3v) is 24.5. The monoisotopic (exact) mass is 1620 g/mol. The molecule has 8 atom stereocenters. The van der Waals surface area contributed by atoms with E-state index >= 15 is 0 Å². The first-order valence-corrected chi connectivity index (χ1v) is 42.9.